The fraction of sp³-hybridized carbons (Fsp3) is 0.929. The van der Waals surface area contributed by atoms with Crippen LogP contribution in [-0.2, 0) is 0 Å². The molecule has 1 rings (SSSR count). The number of aliphatic imine (C=N–C) groups is 1. The van der Waals surface area contributed by atoms with Crippen molar-refractivity contribution in [3.05, 3.63) is 0 Å². The van der Waals surface area contributed by atoms with Gasteiger partial charge >= 0.3 is 0 Å². The molecule has 1 heterocycles. The van der Waals surface area contributed by atoms with E-state index in [0.717, 1.165) is 19.0 Å². The molecule has 1 atom stereocenters. The number of thioether (sulfide) groups is 2. The third kappa shape index (κ3) is 7.57. The molecule has 1 aliphatic heterocycles. The predicted molar refractivity (Wildman–Crippen MR) is 88.0 cm³/mol. The van der Waals surface area contributed by atoms with Crippen LogP contribution in [-0.4, -0.2) is 35.5 Å². The molecule has 1 unspecified atom stereocenters. The topological polar surface area (TPSA) is 24.4 Å². The molecule has 1 N–H and O–H groups in total. The van der Waals surface area contributed by atoms with E-state index in [0.29, 0.717) is 5.25 Å². The summed E-state index contributed by atoms with van der Waals surface area (Å²) in [6.45, 7) is 6.69. The highest BCUT2D eigenvalue weighted by molar-refractivity contribution is 8.14. The van der Waals surface area contributed by atoms with Crippen molar-refractivity contribution < 1.29 is 0 Å². The van der Waals surface area contributed by atoms with Gasteiger partial charge in [0.05, 0.1) is 6.54 Å². The maximum absolute atomic E-state index is 4.58. The van der Waals surface area contributed by atoms with Gasteiger partial charge in [-0.2, -0.15) is 11.8 Å². The molecule has 4 heteroatoms. The van der Waals surface area contributed by atoms with Gasteiger partial charge in [-0.3, -0.25) is 4.99 Å². The minimum absolute atomic E-state index is 0.717. The molecule has 0 aromatic rings. The number of rotatable bonds is 9. The lowest BCUT2D eigenvalue weighted by Crippen LogP contribution is -2.20. The number of amidine groups is 1. The van der Waals surface area contributed by atoms with Crippen molar-refractivity contribution in [2.75, 3.05) is 25.1 Å². The molecule has 2 nitrogen and oxygen atoms in total. The van der Waals surface area contributed by atoms with E-state index >= 15 is 0 Å². The summed E-state index contributed by atoms with van der Waals surface area (Å²) in [5.41, 5.74) is 0. The fourth-order valence-electron chi connectivity index (χ4n) is 2.08. The van der Waals surface area contributed by atoms with Crippen molar-refractivity contribution in [1.29, 1.82) is 0 Å². The Balaban J connectivity index is 1.94. The summed E-state index contributed by atoms with van der Waals surface area (Å²) in [4.78, 5) is 4.58. The molecule has 106 valence electrons. The fourth-order valence-corrected chi connectivity index (χ4v) is 3.86. The molecular formula is C14H28N2S2. The summed E-state index contributed by atoms with van der Waals surface area (Å²) in [6.07, 6.45) is 8.84. The molecule has 0 saturated carbocycles. The largest absolute Gasteiger partial charge is 0.365 e. The Morgan fingerprint density at radius 3 is 2.83 bits per heavy atom. The van der Waals surface area contributed by atoms with Crippen LogP contribution in [0.15, 0.2) is 4.99 Å². The molecule has 0 radical (unpaired) electrons. The lowest BCUT2D eigenvalue weighted by atomic mass is 10.1. The van der Waals surface area contributed by atoms with E-state index in [1.165, 1.54) is 43.0 Å². The summed E-state index contributed by atoms with van der Waals surface area (Å²) in [5, 5.41) is 5.39. The zero-order chi connectivity index (χ0) is 13.2. The van der Waals surface area contributed by atoms with Gasteiger partial charge in [-0.1, -0.05) is 38.5 Å². The summed E-state index contributed by atoms with van der Waals surface area (Å²) < 4.78 is 0. The van der Waals surface area contributed by atoms with Gasteiger partial charge in [-0.15, -0.1) is 0 Å². The molecule has 0 aromatic carbocycles. The maximum atomic E-state index is 4.58. The second-order valence-electron chi connectivity index (χ2n) is 5.35. The summed E-state index contributed by atoms with van der Waals surface area (Å²) >= 11 is 3.90. The van der Waals surface area contributed by atoms with E-state index in [1.807, 2.05) is 23.5 Å². The summed E-state index contributed by atoms with van der Waals surface area (Å²) in [5.74, 6) is 2.10. The van der Waals surface area contributed by atoms with Crippen LogP contribution in [0.2, 0.25) is 0 Å². The van der Waals surface area contributed by atoms with Crippen molar-refractivity contribution in [2.45, 2.75) is 51.2 Å². The van der Waals surface area contributed by atoms with Gasteiger partial charge in [0.1, 0.15) is 0 Å². The minimum atomic E-state index is 0.717. The first-order chi connectivity index (χ1) is 8.72. The average molecular weight is 289 g/mol. The Hall–Kier alpha value is 0.170. The van der Waals surface area contributed by atoms with E-state index in [9.17, 15) is 0 Å². The van der Waals surface area contributed by atoms with Crippen molar-refractivity contribution in [2.24, 2.45) is 10.9 Å². The minimum Gasteiger partial charge on any atom is -0.365 e. The smallest absolute Gasteiger partial charge is 0.156 e. The SMILES string of the molecule is CSCCCCCCNC1=NCC(CC(C)C)S1. The summed E-state index contributed by atoms with van der Waals surface area (Å²) in [7, 11) is 0. The van der Waals surface area contributed by atoms with Crippen molar-refractivity contribution in [3.8, 4) is 0 Å². The van der Waals surface area contributed by atoms with Crippen LogP contribution in [0.1, 0.15) is 46.0 Å². The van der Waals surface area contributed by atoms with Crippen molar-refractivity contribution in [3.63, 3.8) is 0 Å². The second kappa shape index (κ2) is 10.0. The quantitative estimate of drug-likeness (QED) is 0.649. The van der Waals surface area contributed by atoms with E-state index < -0.39 is 0 Å². The monoisotopic (exact) mass is 288 g/mol. The standard InChI is InChI=1S/C14H28N2S2/c1-12(2)10-13-11-16-14(18-13)15-8-6-4-5-7-9-17-3/h12-13H,4-11H2,1-3H3,(H,15,16). The van der Waals surface area contributed by atoms with Crippen LogP contribution in [0.3, 0.4) is 0 Å². The number of hydrogen-bond donors (Lipinski definition) is 1. The Morgan fingerprint density at radius 1 is 1.33 bits per heavy atom. The van der Waals surface area contributed by atoms with Gasteiger partial charge in [-0.25, -0.2) is 0 Å². The molecule has 18 heavy (non-hydrogen) atoms. The zero-order valence-electron chi connectivity index (χ0n) is 12.1. The van der Waals surface area contributed by atoms with Crippen LogP contribution in [0.5, 0.6) is 0 Å². The lowest BCUT2D eigenvalue weighted by Gasteiger charge is -2.11. The molecule has 0 fully saturated rings. The number of unbranched alkanes of at least 4 members (excludes halogenated alkanes) is 3. The highest BCUT2D eigenvalue weighted by atomic mass is 32.2. The van der Waals surface area contributed by atoms with Gasteiger partial charge < -0.3 is 5.32 Å². The van der Waals surface area contributed by atoms with Crippen molar-refractivity contribution in [1.82, 2.24) is 5.32 Å². The van der Waals surface area contributed by atoms with E-state index in [4.69, 9.17) is 0 Å². The Labute approximate surface area is 121 Å². The predicted octanol–water partition coefficient (Wildman–Crippen LogP) is 4.02. The van der Waals surface area contributed by atoms with Gasteiger partial charge in [0.2, 0.25) is 0 Å². The highest BCUT2D eigenvalue weighted by Gasteiger charge is 2.19. The van der Waals surface area contributed by atoms with E-state index in [-0.39, 0.29) is 0 Å². The van der Waals surface area contributed by atoms with Crippen molar-refractivity contribution >= 4 is 28.7 Å². The van der Waals surface area contributed by atoms with Crippen LogP contribution in [0, 0.1) is 5.92 Å². The first-order valence-electron chi connectivity index (χ1n) is 7.16. The van der Waals surface area contributed by atoms with Crippen LogP contribution < -0.4 is 5.32 Å². The van der Waals surface area contributed by atoms with Gasteiger partial charge in [0.25, 0.3) is 0 Å². The van der Waals surface area contributed by atoms with E-state index in [2.05, 4.69) is 30.4 Å². The molecule has 0 bridgehead atoms. The lowest BCUT2D eigenvalue weighted by molar-refractivity contribution is 0.575. The second-order valence-corrected chi connectivity index (χ2v) is 7.62. The normalized spacial score (nSPS) is 19.3. The summed E-state index contributed by atoms with van der Waals surface area (Å²) in [6, 6.07) is 0. The molecule has 0 aliphatic carbocycles. The van der Waals surface area contributed by atoms with Gasteiger partial charge in [-0.05, 0) is 37.2 Å². The zero-order valence-corrected chi connectivity index (χ0v) is 13.7. The average Bonchev–Trinajstić information content (AvgIpc) is 2.75. The molecule has 0 aromatic heterocycles. The van der Waals surface area contributed by atoms with Gasteiger partial charge in [0.15, 0.2) is 5.17 Å². The molecular weight excluding hydrogens is 260 g/mol. The van der Waals surface area contributed by atoms with E-state index in [1.54, 1.807) is 0 Å². The molecule has 0 spiro atoms. The molecule has 0 amide bonds. The van der Waals surface area contributed by atoms with Crippen LogP contribution >= 0.6 is 23.5 Å². The molecule has 0 saturated heterocycles. The van der Waals surface area contributed by atoms with Gasteiger partial charge in [0, 0.05) is 11.8 Å². The number of hydrogen-bond acceptors (Lipinski definition) is 4. The Bertz CT molecular complexity index is 242. The third-order valence-electron chi connectivity index (χ3n) is 3.00. The first-order valence-corrected chi connectivity index (χ1v) is 9.43. The number of nitrogens with one attached hydrogen (secondary N) is 1. The van der Waals surface area contributed by atoms with Crippen LogP contribution in [0.25, 0.3) is 0 Å². The first kappa shape index (κ1) is 16.2. The molecule has 1 aliphatic rings. The maximum Gasteiger partial charge on any atom is 0.156 e. The Morgan fingerprint density at radius 2 is 2.11 bits per heavy atom. The Kier molecular flexibility index (Phi) is 9.03. The van der Waals surface area contributed by atoms with Crippen LogP contribution in [0.4, 0.5) is 0 Å². The highest BCUT2D eigenvalue weighted by Crippen LogP contribution is 2.25. The third-order valence-corrected chi connectivity index (χ3v) is 4.87. The number of nitrogens with zero attached hydrogens (tertiary/aromatic N) is 1.